The molecule has 2 aromatic rings. The first-order valence-corrected chi connectivity index (χ1v) is 7.77. The number of amides is 2. The number of carbonyl (C=O) groups excluding carboxylic acids is 1. The number of urea groups is 1. The van der Waals surface area contributed by atoms with E-state index in [0.29, 0.717) is 18.1 Å². The van der Waals surface area contributed by atoms with E-state index in [0.717, 1.165) is 11.1 Å². The van der Waals surface area contributed by atoms with Crippen molar-refractivity contribution in [1.82, 2.24) is 10.2 Å². The topological polar surface area (TPSA) is 32.3 Å². The Morgan fingerprint density at radius 1 is 1.05 bits per heavy atom. The summed E-state index contributed by atoms with van der Waals surface area (Å²) in [6, 6.07) is 17.6. The Morgan fingerprint density at radius 2 is 1.68 bits per heavy atom. The van der Waals surface area contributed by atoms with Crippen molar-refractivity contribution in [3.63, 3.8) is 0 Å². The highest BCUT2D eigenvalue weighted by Crippen LogP contribution is 2.11. The predicted molar refractivity (Wildman–Crippen MR) is 90.8 cm³/mol. The molecule has 0 saturated carbocycles. The molecule has 2 amide bonds. The summed E-state index contributed by atoms with van der Waals surface area (Å²) in [7, 11) is 0. The number of nitrogens with zero attached hydrogens (tertiary/aromatic N) is 1. The molecular weight excluding hydrogens is 296 g/mol. The van der Waals surface area contributed by atoms with Crippen LogP contribution in [-0.4, -0.2) is 17.0 Å². The Balaban J connectivity index is 1.96. The Hall–Kier alpha value is -2.00. The quantitative estimate of drug-likeness (QED) is 0.867. The zero-order chi connectivity index (χ0) is 15.9. The summed E-state index contributed by atoms with van der Waals surface area (Å²) < 4.78 is 0. The van der Waals surface area contributed by atoms with Crippen LogP contribution in [-0.2, 0) is 13.1 Å². The molecule has 0 radical (unpaired) electrons. The van der Waals surface area contributed by atoms with Crippen LogP contribution in [0.1, 0.15) is 25.0 Å². The van der Waals surface area contributed by atoms with Crippen LogP contribution in [0.25, 0.3) is 0 Å². The van der Waals surface area contributed by atoms with E-state index in [-0.39, 0.29) is 12.1 Å². The maximum atomic E-state index is 12.4. The van der Waals surface area contributed by atoms with Gasteiger partial charge in [0.15, 0.2) is 0 Å². The normalized spacial score (nSPS) is 10.5. The summed E-state index contributed by atoms with van der Waals surface area (Å²) in [6.07, 6.45) is 0. The first-order valence-electron chi connectivity index (χ1n) is 7.39. The number of rotatable bonds is 5. The Morgan fingerprint density at radius 3 is 2.27 bits per heavy atom. The van der Waals surface area contributed by atoms with Crippen LogP contribution in [0.15, 0.2) is 54.6 Å². The van der Waals surface area contributed by atoms with Crippen molar-refractivity contribution in [2.45, 2.75) is 33.0 Å². The van der Waals surface area contributed by atoms with E-state index in [2.05, 4.69) is 5.32 Å². The van der Waals surface area contributed by atoms with Crippen LogP contribution in [0.3, 0.4) is 0 Å². The molecule has 0 unspecified atom stereocenters. The van der Waals surface area contributed by atoms with Crippen LogP contribution in [0.5, 0.6) is 0 Å². The zero-order valence-corrected chi connectivity index (χ0v) is 13.7. The predicted octanol–water partition coefficient (Wildman–Crippen LogP) is 4.46. The van der Waals surface area contributed by atoms with Crippen LogP contribution in [0.2, 0.25) is 5.02 Å². The molecule has 0 heterocycles. The van der Waals surface area contributed by atoms with Crippen LogP contribution in [0.4, 0.5) is 4.79 Å². The van der Waals surface area contributed by atoms with Gasteiger partial charge in [0.1, 0.15) is 0 Å². The molecule has 1 N–H and O–H groups in total. The van der Waals surface area contributed by atoms with Gasteiger partial charge >= 0.3 is 6.03 Å². The van der Waals surface area contributed by atoms with E-state index in [9.17, 15) is 4.79 Å². The summed E-state index contributed by atoms with van der Waals surface area (Å²) >= 11 is 5.86. The number of carbonyl (C=O) groups is 1. The highest BCUT2D eigenvalue weighted by atomic mass is 35.5. The first-order chi connectivity index (χ1) is 10.6. The van der Waals surface area contributed by atoms with Crippen molar-refractivity contribution in [2.24, 2.45) is 0 Å². The van der Waals surface area contributed by atoms with Gasteiger partial charge in [-0.15, -0.1) is 0 Å². The second-order valence-corrected chi connectivity index (χ2v) is 5.93. The van der Waals surface area contributed by atoms with Crippen molar-refractivity contribution in [3.05, 3.63) is 70.7 Å². The molecule has 0 aliphatic heterocycles. The van der Waals surface area contributed by atoms with Gasteiger partial charge in [-0.1, -0.05) is 54.1 Å². The van der Waals surface area contributed by atoms with Gasteiger partial charge < -0.3 is 10.2 Å². The van der Waals surface area contributed by atoms with E-state index in [1.165, 1.54) is 0 Å². The number of benzene rings is 2. The van der Waals surface area contributed by atoms with Gasteiger partial charge in [0.2, 0.25) is 0 Å². The SMILES string of the molecule is CC(C)N(Cc1ccccc1)C(=O)NCc1ccc(Cl)cc1. The molecule has 116 valence electrons. The molecule has 0 saturated heterocycles. The van der Waals surface area contributed by atoms with E-state index in [4.69, 9.17) is 11.6 Å². The molecule has 2 aromatic carbocycles. The molecule has 0 fully saturated rings. The molecule has 4 heteroatoms. The largest absolute Gasteiger partial charge is 0.334 e. The second-order valence-electron chi connectivity index (χ2n) is 5.49. The summed E-state index contributed by atoms with van der Waals surface area (Å²) in [6.45, 7) is 5.13. The molecule has 0 aromatic heterocycles. The maximum absolute atomic E-state index is 12.4. The van der Waals surface area contributed by atoms with Gasteiger partial charge in [-0.2, -0.15) is 0 Å². The average molecular weight is 317 g/mol. The third-order valence-electron chi connectivity index (χ3n) is 3.44. The van der Waals surface area contributed by atoms with Crippen molar-refractivity contribution in [1.29, 1.82) is 0 Å². The van der Waals surface area contributed by atoms with Gasteiger partial charge in [0.05, 0.1) is 0 Å². The fourth-order valence-electron chi connectivity index (χ4n) is 2.15. The maximum Gasteiger partial charge on any atom is 0.318 e. The van der Waals surface area contributed by atoms with Gasteiger partial charge in [-0.3, -0.25) is 0 Å². The van der Waals surface area contributed by atoms with Crippen molar-refractivity contribution in [2.75, 3.05) is 0 Å². The van der Waals surface area contributed by atoms with Crippen LogP contribution >= 0.6 is 11.6 Å². The smallest absolute Gasteiger partial charge is 0.318 e. The standard InChI is InChI=1S/C18H21ClN2O/c1-14(2)21(13-16-6-4-3-5-7-16)18(22)20-12-15-8-10-17(19)11-9-15/h3-11,14H,12-13H2,1-2H3,(H,20,22). The number of hydrogen-bond donors (Lipinski definition) is 1. The fourth-order valence-corrected chi connectivity index (χ4v) is 2.28. The molecule has 0 bridgehead atoms. The third kappa shape index (κ3) is 4.78. The molecule has 22 heavy (non-hydrogen) atoms. The van der Waals surface area contributed by atoms with Crippen LogP contribution < -0.4 is 5.32 Å². The van der Waals surface area contributed by atoms with Gasteiger partial charge in [-0.05, 0) is 37.1 Å². The molecule has 2 rings (SSSR count). The lowest BCUT2D eigenvalue weighted by Gasteiger charge is -2.27. The summed E-state index contributed by atoms with van der Waals surface area (Å²) in [5.41, 5.74) is 2.15. The summed E-state index contributed by atoms with van der Waals surface area (Å²) in [5, 5.41) is 3.66. The van der Waals surface area contributed by atoms with Crippen LogP contribution in [0, 0.1) is 0 Å². The van der Waals surface area contributed by atoms with Gasteiger partial charge in [-0.25, -0.2) is 4.79 Å². The molecule has 0 aliphatic rings. The lowest BCUT2D eigenvalue weighted by Crippen LogP contribution is -2.43. The molecule has 0 aliphatic carbocycles. The monoisotopic (exact) mass is 316 g/mol. The Kier molecular flexibility index (Phi) is 5.84. The minimum Gasteiger partial charge on any atom is -0.334 e. The van der Waals surface area contributed by atoms with E-state index >= 15 is 0 Å². The molecule has 0 spiro atoms. The average Bonchev–Trinajstić information content (AvgIpc) is 2.52. The number of nitrogens with one attached hydrogen (secondary N) is 1. The Bertz CT molecular complexity index is 596. The highest BCUT2D eigenvalue weighted by Gasteiger charge is 2.16. The zero-order valence-electron chi connectivity index (χ0n) is 12.9. The highest BCUT2D eigenvalue weighted by molar-refractivity contribution is 6.30. The minimum absolute atomic E-state index is 0.0613. The summed E-state index contributed by atoms with van der Waals surface area (Å²) in [5.74, 6) is 0. The van der Waals surface area contributed by atoms with Gasteiger partial charge in [0.25, 0.3) is 0 Å². The molecule has 3 nitrogen and oxygen atoms in total. The summed E-state index contributed by atoms with van der Waals surface area (Å²) in [4.78, 5) is 14.2. The van der Waals surface area contributed by atoms with Gasteiger partial charge in [0, 0.05) is 24.2 Å². The van der Waals surface area contributed by atoms with E-state index in [1.54, 1.807) is 0 Å². The van der Waals surface area contributed by atoms with E-state index < -0.39 is 0 Å². The fraction of sp³-hybridized carbons (Fsp3) is 0.278. The lowest BCUT2D eigenvalue weighted by atomic mass is 10.2. The second kappa shape index (κ2) is 7.85. The van der Waals surface area contributed by atoms with Crippen molar-refractivity contribution >= 4 is 17.6 Å². The third-order valence-corrected chi connectivity index (χ3v) is 3.69. The lowest BCUT2D eigenvalue weighted by molar-refractivity contribution is 0.179. The number of halogens is 1. The molecule has 0 atom stereocenters. The van der Waals surface area contributed by atoms with E-state index in [1.807, 2.05) is 73.3 Å². The number of hydrogen-bond acceptors (Lipinski definition) is 1. The van der Waals surface area contributed by atoms with Crippen molar-refractivity contribution < 1.29 is 4.79 Å². The Labute approximate surface area is 136 Å². The molecular formula is C18H21ClN2O. The van der Waals surface area contributed by atoms with Crippen molar-refractivity contribution in [3.8, 4) is 0 Å². The first kappa shape index (κ1) is 16.4. The minimum atomic E-state index is -0.0613.